The molecule has 0 aromatic heterocycles. The zero-order valence-corrected chi connectivity index (χ0v) is 11.8. The zero-order valence-electron chi connectivity index (χ0n) is 11.8. The average molecular weight is 255 g/mol. The highest BCUT2D eigenvalue weighted by Gasteiger charge is 2.33. The molecule has 0 aliphatic heterocycles. The van der Waals surface area contributed by atoms with Gasteiger partial charge in [-0.2, -0.15) is 0 Å². The molecule has 1 saturated carbocycles. The second-order valence-electron chi connectivity index (χ2n) is 5.33. The second-order valence-corrected chi connectivity index (χ2v) is 5.33. The Morgan fingerprint density at radius 1 is 1.32 bits per heavy atom. The number of rotatable bonds is 3. The van der Waals surface area contributed by atoms with Gasteiger partial charge >= 0.3 is 0 Å². The number of hydrogen-bond donors (Lipinski definition) is 0. The van der Waals surface area contributed by atoms with Gasteiger partial charge in [-0.1, -0.05) is 54.7 Å². The molecule has 1 aliphatic carbocycles. The molecule has 19 heavy (non-hydrogen) atoms. The van der Waals surface area contributed by atoms with Gasteiger partial charge in [0.1, 0.15) is 0 Å². The van der Waals surface area contributed by atoms with Crippen molar-refractivity contribution in [3.63, 3.8) is 0 Å². The molecule has 3 heteroatoms. The number of allylic oxidation sites excluding steroid dienone is 2. The fourth-order valence-corrected chi connectivity index (χ4v) is 2.89. The number of azide groups is 1. The molecule has 100 valence electrons. The smallest absolute Gasteiger partial charge is 0.0738 e. The lowest BCUT2D eigenvalue weighted by atomic mass is 9.77. The highest BCUT2D eigenvalue weighted by molar-refractivity contribution is 5.64. The van der Waals surface area contributed by atoms with E-state index < -0.39 is 0 Å². The zero-order chi connectivity index (χ0) is 13.7. The Bertz CT molecular complexity index is 519. The molecule has 0 amide bonds. The minimum atomic E-state index is -0.322. The van der Waals surface area contributed by atoms with Crippen LogP contribution in [0.5, 0.6) is 0 Å². The van der Waals surface area contributed by atoms with Crippen LogP contribution in [-0.4, -0.2) is 0 Å². The molecule has 0 saturated heterocycles. The van der Waals surface area contributed by atoms with E-state index in [9.17, 15) is 0 Å². The molecular formula is C16H21N3. The highest BCUT2D eigenvalue weighted by Crippen LogP contribution is 2.41. The van der Waals surface area contributed by atoms with Gasteiger partial charge in [0.15, 0.2) is 0 Å². The van der Waals surface area contributed by atoms with Crippen molar-refractivity contribution in [1.29, 1.82) is 0 Å². The summed E-state index contributed by atoms with van der Waals surface area (Å²) in [5.74, 6) is 0. The van der Waals surface area contributed by atoms with Crippen molar-refractivity contribution < 1.29 is 0 Å². The molecule has 0 N–H and O–H groups in total. The third kappa shape index (κ3) is 2.82. The molecule has 1 aromatic carbocycles. The number of hydrogen-bond acceptors (Lipinski definition) is 1. The normalized spacial score (nSPS) is 18.7. The minimum absolute atomic E-state index is 0.322. The van der Waals surface area contributed by atoms with Crippen molar-refractivity contribution in [2.45, 2.75) is 51.5 Å². The van der Waals surface area contributed by atoms with E-state index in [2.05, 4.69) is 47.3 Å². The summed E-state index contributed by atoms with van der Waals surface area (Å²) < 4.78 is 0. The Morgan fingerprint density at radius 3 is 2.68 bits per heavy atom. The van der Waals surface area contributed by atoms with Gasteiger partial charge in [-0.15, -0.1) is 0 Å². The van der Waals surface area contributed by atoms with Crippen molar-refractivity contribution in [2.24, 2.45) is 5.11 Å². The van der Waals surface area contributed by atoms with E-state index >= 15 is 0 Å². The monoisotopic (exact) mass is 255 g/mol. The van der Waals surface area contributed by atoms with E-state index in [-0.39, 0.29) is 5.54 Å². The second kappa shape index (κ2) is 5.94. The molecule has 1 fully saturated rings. The predicted octanol–water partition coefficient (Wildman–Crippen LogP) is 5.58. The first-order valence-corrected chi connectivity index (χ1v) is 7.02. The third-order valence-electron chi connectivity index (χ3n) is 4.21. The minimum Gasteiger partial charge on any atom is -0.0841 e. The van der Waals surface area contributed by atoms with Crippen LogP contribution < -0.4 is 0 Å². The molecular weight excluding hydrogens is 234 g/mol. The van der Waals surface area contributed by atoms with Crippen LogP contribution in [0.25, 0.3) is 16.0 Å². The van der Waals surface area contributed by atoms with Crippen LogP contribution in [0.2, 0.25) is 0 Å². The summed E-state index contributed by atoms with van der Waals surface area (Å²) in [5, 5.41) is 4.17. The van der Waals surface area contributed by atoms with Crippen molar-refractivity contribution in [3.8, 4) is 0 Å². The van der Waals surface area contributed by atoms with Gasteiger partial charge in [-0.05, 0) is 48.9 Å². The Morgan fingerprint density at radius 2 is 2.05 bits per heavy atom. The van der Waals surface area contributed by atoms with Crippen LogP contribution in [0.3, 0.4) is 0 Å². The van der Waals surface area contributed by atoms with Crippen LogP contribution in [-0.2, 0) is 5.54 Å². The van der Waals surface area contributed by atoms with Crippen molar-refractivity contribution >= 4 is 5.57 Å². The molecule has 2 rings (SSSR count). The lowest BCUT2D eigenvalue weighted by molar-refractivity contribution is 0.302. The van der Waals surface area contributed by atoms with Crippen molar-refractivity contribution in [3.05, 3.63) is 51.9 Å². The Kier molecular flexibility index (Phi) is 4.28. The van der Waals surface area contributed by atoms with Gasteiger partial charge in [-0.25, -0.2) is 0 Å². The molecule has 1 aromatic rings. The number of benzene rings is 1. The highest BCUT2D eigenvalue weighted by atomic mass is 15.2. The maximum atomic E-state index is 8.92. The summed E-state index contributed by atoms with van der Waals surface area (Å²) in [6, 6.07) is 8.48. The van der Waals surface area contributed by atoms with Crippen LogP contribution in [0, 0.1) is 0 Å². The molecule has 0 bridgehead atoms. The third-order valence-corrected chi connectivity index (χ3v) is 4.21. The predicted molar refractivity (Wildman–Crippen MR) is 79.7 cm³/mol. The molecule has 0 heterocycles. The standard InChI is InChI=1S/C16H21N3/c1-3-13(2)14-8-7-9-15(12-14)16(18-19-17)10-5-4-6-11-16/h3,7-9,12H,4-6,10-11H2,1-2H3. The first kappa shape index (κ1) is 13.7. The summed E-state index contributed by atoms with van der Waals surface area (Å²) in [6.45, 7) is 4.16. The van der Waals surface area contributed by atoms with E-state index in [4.69, 9.17) is 5.53 Å². The first-order chi connectivity index (χ1) is 9.22. The lowest BCUT2D eigenvalue weighted by Gasteiger charge is -2.33. The van der Waals surface area contributed by atoms with Crippen LogP contribution >= 0.6 is 0 Å². The van der Waals surface area contributed by atoms with E-state index in [1.165, 1.54) is 23.1 Å². The summed E-state index contributed by atoms with van der Waals surface area (Å²) in [6.07, 6.45) is 7.58. The largest absolute Gasteiger partial charge is 0.0841 e. The SMILES string of the molecule is CC=C(C)c1cccc(C2(N=[N+]=[N-])CCCCC2)c1. The Hall–Kier alpha value is -1.73. The maximum absolute atomic E-state index is 8.92. The summed E-state index contributed by atoms with van der Waals surface area (Å²) in [5.41, 5.74) is 12.2. The van der Waals surface area contributed by atoms with E-state index in [0.29, 0.717) is 0 Å². The topological polar surface area (TPSA) is 48.8 Å². The quantitative estimate of drug-likeness (QED) is 0.384. The van der Waals surface area contributed by atoms with Crippen LogP contribution in [0.4, 0.5) is 0 Å². The van der Waals surface area contributed by atoms with Crippen LogP contribution in [0.15, 0.2) is 35.5 Å². The van der Waals surface area contributed by atoms with Gasteiger partial charge in [0.2, 0.25) is 0 Å². The van der Waals surface area contributed by atoms with Gasteiger partial charge in [0, 0.05) is 4.91 Å². The van der Waals surface area contributed by atoms with Crippen molar-refractivity contribution in [2.75, 3.05) is 0 Å². The molecule has 1 aliphatic rings. The first-order valence-electron chi connectivity index (χ1n) is 7.02. The van der Waals surface area contributed by atoms with E-state index in [1.807, 2.05) is 6.92 Å². The molecule has 0 spiro atoms. The summed E-state index contributed by atoms with van der Waals surface area (Å²) in [4.78, 5) is 3.11. The van der Waals surface area contributed by atoms with E-state index in [0.717, 1.165) is 25.7 Å². The summed E-state index contributed by atoms with van der Waals surface area (Å²) >= 11 is 0. The van der Waals surface area contributed by atoms with Crippen molar-refractivity contribution in [1.82, 2.24) is 0 Å². The van der Waals surface area contributed by atoms with Gasteiger partial charge in [0.05, 0.1) is 5.54 Å². The lowest BCUT2D eigenvalue weighted by Crippen LogP contribution is -2.26. The number of nitrogens with zero attached hydrogens (tertiary/aromatic N) is 3. The Balaban J connectivity index is 2.45. The fourth-order valence-electron chi connectivity index (χ4n) is 2.89. The molecule has 0 unspecified atom stereocenters. The maximum Gasteiger partial charge on any atom is 0.0738 e. The molecule has 3 nitrogen and oxygen atoms in total. The van der Waals surface area contributed by atoms with Crippen LogP contribution in [0.1, 0.15) is 57.1 Å². The fraction of sp³-hybridized carbons (Fsp3) is 0.500. The van der Waals surface area contributed by atoms with Gasteiger partial charge < -0.3 is 0 Å². The van der Waals surface area contributed by atoms with E-state index in [1.54, 1.807) is 0 Å². The Labute approximate surface area is 115 Å². The molecule has 0 radical (unpaired) electrons. The summed E-state index contributed by atoms with van der Waals surface area (Å²) in [7, 11) is 0. The molecule has 0 atom stereocenters. The van der Waals surface area contributed by atoms with Gasteiger partial charge in [-0.3, -0.25) is 0 Å². The average Bonchev–Trinajstić information content (AvgIpc) is 2.48. The van der Waals surface area contributed by atoms with Gasteiger partial charge in [0.25, 0.3) is 0 Å².